The first-order valence-electron chi connectivity index (χ1n) is 28.5. The van der Waals surface area contributed by atoms with Crippen LogP contribution in [-0.2, 0) is 18.4 Å². The Labute approximate surface area is 405 Å². The SMILES string of the molecule is CCCCCCCCCC/C=C\CCCCCCCCCCCCCCCCCCCCCCCCCCCC(=O)NC(COP(=O)([O-])OCC[N+](C)(C)C)C(O)CCCCCCCC. The smallest absolute Gasteiger partial charge is 0.268 e. The van der Waals surface area contributed by atoms with Crippen LogP contribution in [0, 0.1) is 0 Å². The lowest BCUT2D eigenvalue weighted by molar-refractivity contribution is -0.870. The molecule has 0 aromatic heterocycles. The standard InChI is InChI=1S/C56H113N2O6P/c1-6-8-10-12-14-15-16-17-18-19-20-21-22-23-24-25-26-27-28-29-30-31-32-33-34-35-36-37-38-39-40-41-42-43-44-46-48-50-56(60)57-54(55(59)49-47-45-13-11-9-7-2)53-64-65(61,62)63-52-51-58(3,4)5/h19-20,54-55,59H,6-18,21-53H2,1-5H3,(H-,57,60,61,62)/b20-19-. The number of likely N-dealkylation sites (N-methyl/N-ethyl adjacent to an activating group) is 1. The number of phosphoric ester groups is 1. The van der Waals surface area contributed by atoms with Gasteiger partial charge in [0, 0.05) is 6.42 Å². The topological polar surface area (TPSA) is 108 Å². The van der Waals surface area contributed by atoms with E-state index in [1.165, 1.54) is 225 Å². The fraction of sp³-hybridized carbons (Fsp3) is 0.946. The highest BCUT2D eigenvalue weighted by molar-refractivity contribution is 7.45. The van der Waals surface area contributed by atoms with E-state index in [1.807, 2.05) is 21.1 Å². The van der Waals surface area contributed by atoms with Crippen LogP contribution in [0.4, 0.5) is 0 Å². The number of hydrogen-bond donors (Lipinski definition) is 2. The van der Waals surface area contributed by atoms with Gasteiger partial charge in [-0.25, -0.2) is 0 Å². The van der Waals surface area contributed by atoms with Crippen molar-refractivity contribution >= 4 is 13.7 Å². The maximum absolute atomic E-state index is 12.8. The number of quaternary nitrogens is 1. The van der Waals surface area contributed by atoms with Gasteiger partial charge < -0.3 is 28.8 Å². The molecular formula is C56H113N2O6P. The molecule has 0 aromatic carbocycles. The zero-order chi connectivity index (χ0) is 47.8. The first kappa shape index (κ1) is 64.2. The van der Waals surface area contributed by atoms with Gasteiger partial charge in [-0.3, -0.25) is 9.36 Å². The number of nitrogens with one attached hydrogen (secondary N) is 1. The average molecular weight is 942 g/mol. The fourth-order valence-corrected chi connectivity index (χ4v) is 9.47. The molecule has 1 amide bonds. The Balaban J connectivity index is 3.69. The molecule has 3 atom stereocenters. The molecule has 0 aliphatic heterocycles. The van der Waals surface area contributed by atoms with E-state index in [1.54, 1.807) is 0 Å². The van der Waals surface area contributed by atoms with Crippen LogP contribution >= 0.6 is 7.82 Å². The number of hydrogen-bond acceptors (Lipinski definition) is 6. The van der Waals surface area contributed by atoms with E-state index in [0.29, 0.717) is 23.9 Å². The predicted molar refractivity (Wildman–Crippen MR) is 279 cm³/mol. The van der Waals surface area contributed by atoms with Crippen LogP contribution in [-0.4, -0.2) is 68.5 Å². The van der Waals surface area contributed by atoms with Gasteiger partial charge in [-0.05, 0) is 38.5 Å². The monoisotopic (exact) mass is 941 g/mol. The number of aliphatic hydroxyl groups excluding tert-OH is 1. The molecule has 0 heterocycles. The molecule has 0 fully saturated rings. The van der Waals surface area contributed by atoms with Crippen molar-refractivity contribution in [1.82, 2.24) is 5.32 Å². The Morgan fingerprint density at radius 1 is 0.523 bits per heavy atom. The predicted octanol–water partition coefficient (Wildman–Crippen LogP) is 16.4. The zero-order valence-corrected chi connectivity index (χ0v) is 45.1. The zero-order valence-electron chi connectivity index (χ0n) is 44.2. The van der Waals surface area contributed by atoms with Gasteiger partial charge in [-0.15, -0.1) is 0 Å². The van der Waals surface area contributed by atoms with Gasteiger partial charge in [-0.2, -0.15) is 0 Å². The average Bonchev–Trinajstić information content (AvgIpc) is 3.26. The Morgan fingerprint density at radius 3 is 1.20 bits per heavy atom. The Morgan fingerprint density at radius 2 is 0.846 bits per heavy atom. The molecule has 0 aliphatic carbocycles. The molecule has 3 unspecified atom stereocenters. The molecular weight excluding hydrogens is 828 g/mol. The van der Waals surface area contributed by atoms with Crippen molar-refractivity contribution in [3.63, 3.8) is 0 Å². The maximum atomic E-state index is 12.8. The molecule has 65 heavy (non-hydrogen) atoms. The first-order chi connectivity index (χ1) is 31.5. The summed E-state index contributed by atoms with van der Waals surface area (Å²) in [7, 11) is 1.31. The number of carbonyl (C=O) groups excluding carboxylic acids is 1. The summed E-state index contributed by atoms with van der Waals surface area (Å²) in [6.07, 6.45) is 58.9. The summed E-state index contributed by atoms with van der Waals surface area (Å²) in [6.45, 7) is 4.68. The Hall–Kier alpha value is -0.760. The van der Waals surface area contributed by atoms with E-state index in [0.717, 1.165) is 38.5 Å². The minimum atomic E-state index is -4.55. The van der Waals surface area contributed by atoms with E-state index in [4.69, 9.17) is 9.05 Å². The van der Waals surface area contributed by atoms with Gasteiger partial charge in [0.05, 0.1) is 39.9 Å². The van der Waals surface area contributed by atoms with Crippen molar-refractivity contribution in [3.8, 4) is 0 Å². The summed E-state index contributed by atoms with van der Waals surface area (Å²) < 4.78 is 23.2. The number of rotatable bonds is 53. The molecule has 8 nitrogen and oxygen atoms in total. The van der Waals surface area contributed by atoms with E-state index in [2.05, 4.69) is 31.3 Å². The quantitative estimate of drug-likeness (QED) is 0.0272. The van der Waals surface area contributed by atoms with Crippen molar-refractivity contribution in [1.29, 1.82) is 0 Å². The summed E-state index contributed by atoms with van der Waals surface area (Å²) in [5.74, 6) is -0.164. The van der Waals surface area contributed by atoms with Crippen molar-refractivity contribution in [2.45, 2.75) is 302 Å². The second-order valence-electron chi connectivity index (χ2n) is 21.0. The number of aliphatic hydroxyl groups is 1. The van der Waals surface area contributed by atoms with Gasteiger partial charge >= 0.3 is 0 Å². The highest BCUT2D eigenvalue weighted by Crippen LogP contribution is 2.38. The lowest BCUT2D eigenvalue weighted by Crippen LogP contribution is -2.46. The Kier molecular flexibility index (Phi) is 47.7. The van der Waals surface area contributed by atoms with Crippen LogP contribution in [0.25, 0.3) is 0 Å². The van der Waals surface area contributed by atoms with Gasteiger partial charge in [-0.1, -0.05) is 257 Å². The molecule has 388 valence electrons. The highest BCUT2D eigenvalue weighted by Gasteiger charge is 2.24. The van der Waals surface area contributed by atoms with E-state index in [-0.39, 0.29) is 19.1 Å². The van der Waals surface area contributed by atoms with E-state index in [9.17, 15) is 19.4 Å². The van der Waals surface area contributed by atoms with Gasteiger partial charge in [0.1, 0.15) is 13.2 Å². The molecule has 2 N–H and O–H groups in total. The number of allylic oxidation sites excluding steroid dienone is 2. The van der Waals surface area contributed by atoms with Crippen LogP contribution < -0.4 is 10.2 Å². The lowest BCUT2D eigenvalue weighted by atomic mass is 10.0. The van der Waals surface area contributed by atoms with Gasteiger partial charge in [0.25, 0.3) is 7.82 Å². The maximum Gasteiger partial charge on any atom is 0.268 e. The van der Waals surface area contributed by atoms with Crippen molar-refractivity contribution in [2.24, 2.45) is 0 Å². The van der Waals surface area contributed by atoms with Crippen LogP contribution in [0.3, 0.4) is 0 Å². The third kappa shape index (κ3) is 50.9. The first-order valence-corrected chi connectivity index (χ1v) is 30.0. The molecule has 0 bridgehead atoms. The molecule has 0 spiro atoms. The fourth-order valence-electron chi connectivity index (χ4n) is 8.74. The van der Waals surface area contributed by atoms with Crippen LogP contribution in [0.2, 0.25) is 0 Å². The lowest BCUT2D eigenvalue weighted by Gasteiger charge is -2.30. The van der Waals surface area contributed by atoms with Crippen LogP contribution in [0.5, 0.6) is 0 Å². The van der Waals surface area contributed by atoms with Gasteiger partial charge in [0.15, 0.2) is 0 Å². The Bertz CT molecular complexity index is 1070. The molecule has 0 rings (SSSR count). The summed E-state index contributed by atoms with van der Waals surface area (Å²) in [6, 6.07) is -0.792. The van der Waals surface area contributed by atoms with E-state index >= 15 is 0 Å². The molecule has 9 heteroatoms. The molecule has 0 radical (unpaired) electrons. The number of amides is 1. The largest absolute Gasteiger partial charge is 0.756 e. The normalized spacial score (nSPS) is 14.0. The number of nitrogens with zero attached hydrogens (tertiary/aromatic N) is 1. The van der Waals surface area contributed by atoms with Crippen molar-refractivity contribution in [3.05, 3.63) is 12.2 Å². The summed E-state index contributed by atoms with van der Waals surface area (Å²) >= 11 is 0. The van der Waals surface area contributed by atoms with Crippen molar-refractivity contribution < 1.29 is 32.9 Å². The van der Waals surface area contributed by atoms with Crippen LogP contribution in [0.1, 0.15) is 290 Å². The van der Waals surface area contributed by atoms with E-state index < -0.39 is 20.0 Å². The van der Waals surface area contributed by atoms with Gasteiger partial charge in [0.2, 0.25) is 5.91 Å². The third-order valence-electron chi connectivity index (χ3n) is 13.3. The number of unbranched alkanes of at least 4 members (excludes halogenated alkanes) is 38. The molecule has 0 aliphatic rings. The summed E-state index contributed by atoms with van der Waals surface area (Å²) in [5.41, 5.74) is 0. The molecule has 0 saturated heterocycles. The minimum Gasteiger partial charge on any atom is -0.756 e. The molecule has 0 aromatic rings. The minimum absolute atomic E-state index is 0.0145. The summed E-state index contributed by atoms with van der Waals surface area (Å²) in [4.78, 5) is 25.2. The molecule has 0 saturated carbocycles. The second kappa shape index (κ2) is 48.3. The van der Waals surface area contributed by atoms with Crippen LogP contribution in [0.15, 0.2) is 12.2 Å². The summed E-state index contributed by atoms with van der Waals surface area (Å²) in [5, 5.41) is 13.8. The number of carbonyl (C=O) groups is 1. The van der Waals surface area contributed by atoms with Crippen molar-refractivity contribution in [2.75, 3.05) is 40.9 Å². The second-order valence-corrected chi connectivity index (χ2v) is 22.4. The number of phosphoric acid groups is 1. The highest BCUT2D eigenvalue weighted by atomic mass is 31.2. The third-order valence-corrected chi connectivity index (χ3v) is 14.2.